The van der Waals surface area contributed by atoms with Crippen LogP contribution in [0.2, 0.25) is 0 Å². The normalized spacial score (nSPS) is 11.8. The molecule has 0 spiro atoms. The van der Waals surface area contributed by atoms with Crippen LogP contribution in [0.15, 0.2) is 16.3 Å². The number of hydrogen-bond donors (Lipinski definition) is 3. The van der Waals surface area contributed by atoms with Crippen LogP contribution in [0.1, 0.15) is 24.0 Å². The fourth-order valence-corrected chi connectivity index (χ4v) is 3.96. The van der Waals surface area contributed by atoms with Gasteiger partial charge in [-0.15, -0.1) is 21.5 Å². The fourth-order valence-electron chi connectivity index (χ4n) is 1.57. The van der Waals surface area contributed by atoms with Crippen LogP contribution in [-0.2, 0) is 23.1 Å². The fraction of sp³-hybridized carbons (Fsp3) is 0.500. The van der Waals surface area contributed by atoms with Gasteiger partial charge < -0.3 is 5.32 Å². The minimum Gasteiger partial charge on any atom is -0.312 e. The average Bonchev–Trinajstić information content (AvgIpc) is 3.08. The first-order valence-corrected chi connectivity index (χ1v) is 8.49. The third-order valence-electron chi connectivity index (χ3n) is 2.52. The summed E-state index contributed by atoms with van der Waals surface area (Å²) >= 11 is 1.42. The zero-order chi connectivity index (χ0) is 14.4. The van der Waals surface area contributed by atoms with Gasteiger partial charge in [-0.2, -0.15) is 5.21 Å². The van der Waals surface area contributed by atoms with E-state index in [9.17, 15) is 8.42 Å². The van der Waals surface area contributed by atoms with Crippen molar-refractivity contribution >= 4 is 21.4 Å². The molecule has 0 aliphatic heterocycles. The molecule has 3 N–H and O–H groups in total. The molecular formula is C10H16N6O2S2. The van der Waals surface area contributed by atoms with E-state index in [0.717, 1.165) is 17.8 Å². The molecule has 2 heterocycles. The maximum absolute atomic E-state index is 12.2. The summed E-state index contributed by atoms with van der Waals surface area (Å²) in [5.41, 5.74) is 0. The number of sulfonamides is 1. The van der Waals surface area contributed by atoms with Crippen molar-refractivity contribution in [1.29, 1.82) is 0 Å². The highest BCUT2D eigenvalue weighted by Crippen LogP contribution is 2.21. The maximum atomic E-state index is 12.2. The minimum absolute atomic E-state index is 0.0104. The molecule has 8 nitrogen and oxygen atoms in total. The Morgan fingerprint density at radius 1 is 1.40 bits per heavy atom. The van der Waals surface area contributed by atoms with Crippen LogP contribution in [0, 0.1) is 0 Å². The summed E-state index contributed by atoms with van der Waals surface area (Å²) in [5.74, 6) is 0.300. The van der Waals surface area contributed by atoms with Crippen LogP contribution in [0.25, 0.3) is 0 Å². The van der Waals surface area contributed by atoms with Gasteiger partial charge in [0.2, 0.25) is 10.0 Å². The van der Waals surface area contributed by atoms with E-state index in [2.05, 4.69) is 37.6 Å². The molecule has 0 saturated carbocycles. The van der Waals surface area contributed by atoms with Gasteiger partial charge in [0.15, 0.2) is 5.82 Å². The summed E-state index contributed by atoms with van der Waals surface area (Å²) in [6.45, 7) is 3.47. The van der Waals surface area contributed by atoms with E-state index in [1.54, 1.807) is 11.4 Å². The Labute approximate surface area is 121 Å². The predicted octanol–water partition coefficient (Wildman–Crippen LogP) is 0.239. The number of rotatable bonds is 8. The Kier molecular flexibility index (Phi) is 5.17. The summed E-state index contributed by atoms with van der Waals surface area (Å²) < 4.78 is 26.9. The smallest absolute Gasteiger partial charge is 0.242 e. The average molecular weight is 316 g/mol. The number of hydrogen-bond acceptors (Lipinski definition) is 7. The van der Waals surface area contributed by atoms with Crippen molar-refractivity contribution in [2.24, 2.45) is 0 Å². The lowest BCUT2D eigenvalue weighted by Gasteiger charge is -2.07. The number of nitrogens with one attached hydrogen (secondary N) is 3. The second-order valence-electron chi connectivity index (χ2n) is 4.04. The molecule has 0 aromatic carbocycles. The number of thiophene rings is 1. The molecule has 0 aliphatic carbocycles. The molecule has 0 fully saturated rings. The highest BCUT2D eigenvalue weighted by Gasteiger charge is 2.19. The third kappa shape index (κ3) is 3.82. The van der Waals surface area contributed by atoms with Crippen LogP contribution >= 0.6 is 11.3 Å². The highest BCUT2D eigenvalue weighted by atomic mass is 32.2. The summed E-state index contributed by atoms with van der Waals surface area (Å²) in [6, 6.07) is 1.60. The van der Waals surface area contributed by atoms with Gasteiger partial charge in [0.05, 0.1) is 11.4 Å². The van der Waals surface area contributed by atoms with E-state index < -0.39 is 10.0 Å². The molecule has 20 heavy (non-hydrogen) atoms. The van der Waals surface area contributed by atoms with E-state index in [1.165, 1.54) is 11.3 Å². The number of nitrogens with zero attached hydrogens (tertiary/aromatic N) is 3. The molecule has 0 unspecified atom stereocenters. The molecule has 2 aromatic rings. The monoisotopic (exact) mass is 316 g/mol. The van der Waals surface area contributed by atoms with E-state index in [4.69, 9.17) is 0 Å². The summed E-state index contributed by atoms with van der Waals surface area (Å²) in [5, 5.41) is 18.0. The van der Waals surface area contributed by atoms with Crippen molar-refractivity contribution in [2.75, 3.05) is 6.54 Å². The first-order valence-electron chi connectivity index (χ1n) is 6.12. The Morgan fingerprint density at radius 2 is 2.25 bits per heavy atom. The van der Waals surface area contributed by atoms with Crippen molar-refractivity contribution in [1.82, 2.24) is 30.7 Å². The molecule has 0 radical (unpaired) electrons. The lowest BCUT2D eigenvalue weighted by molar-refractivity contribution is 0.577. The van der Waals surface area contributed by atoms with Crippen molar-refractivity contribution < 1.29 is 8.42 Å². The minimum atomic E-state index is -3.56. The van der Waals surface area contributed by atoms with Gasteiger partial charge in [-0.25, -0.2) is 13.1 Å². The molecule has 0 bridgehead atoms. The molecule has 0 atom stereocenters. The van der Waals surface area contributed by atoms with Gasteiger partial charge in [-0.3, -0.25) is 0 Å². The number of H-pyrrole nitrogens is 1. The predicted molar refractivity (Wildman–Crippen MR) is 74.5 cm³/mol. The number of aromatic nitrogens is 4. The Hall–Kier alpha value is -1.36. The summed E-state index contributed by atoms with van der Waals surface area (Å²) in [7, 11) is -3.56. The van der Waals surface area contributed by atoms with Gasteiger partial charge in [0.1, 0.15) is 0 Å². The Bertz CT molecular complexity index is 622. The van der Waals surface area contributed by atoms with Gasteiger partial charge in [0, 0.05) is 11.4 Å². The van der Waals surface area contributed by atoms with E-state index >= 15 is 0 Å². The van der Waals surface area contributed by atoms with Crippen LogP contribution in [0.5, 0.6) is 0 Å². The molecule has 2 rings (SSSR count). The second-order valence-corrected chi connectivity index (χ2v) is 6.77. The lowest BCUT2D eigenvalue weighted by atomic mass is 10.4. The standard InChI is InChI=1S/C10H16N6O2S2/c1-2-4-11-6-8-9(3-5-19-8)20(17,18)12-7-10-13-15-16-14-10/h3,5,11-12H,2,4,6-7H2,1H3,(H,13,14,15,16). The van der Waals surface area contributed by atoms with Crippen molar-refractivity contribution in [3.63, 3.8) is 0 Å². The molecule has 110 valence electrons. The zero-order valence-electron chi connectivity index (χ0n) is 11.0. The van der Waals surface area contributed by atoms with Crippen LogP contribution in [0.3, 0.4) is 0 Å². The van der Waals surface area contributed by atoms with Crippen molar-refractivity contribution in [3.8, 4) is 0 Å². The largest absolute Gasteiger partial charge is 0.312 e. The van der Waals surface area contributed by atoms with Crippen LogP contribution in [-0.4, -0.2) is 35.6 Å². The Morgan fingerprint density at radius 3 is 2.95 bits per heavy atom. The first kappa shape index (κ1) is 15.0. The quantitative estimate of drug-likeness (QED) is 0.601. The van der Waals surface area contributed by atoms with Crippen LogP contribution < -0.4 is 10.0 Å². The van der Waals surface area contributed by atoms with E-state index in [0.29, 0.717) is 17.3 Å². The lowest BCUT2D eigenvalue weighted by Crippen LogP contribution is -2.25. The zero-order valence-corrected chi connectivity index (χ0v) is 12.6. The molecule has 0 saturated heterocycles. The van der Waals surface area contributed by atoms with Gasteiger partial charge >= 0.3 is 0 Å². The highest BCUT2D eigenvalue weighted by molar-refractivity contribution is 7.89. The van der Waals surface area contributed by atoms with Crippen molar-refractivity contribution in [2.45, 2.75) is 31.3 Å². The summed E-state index contributed by atoms with van der Waals surface area (Å²) in [4.78, 5) is 1.09. The van der Waals surface area contributed by atoms with Crippen LogP contribution in [0.4, 0.5) is 0 Å². The molecular weight excluding hydrogens is 300 g/mol. The van der Waals surface area contributed by atoms with Gasteiger partial charge in [0.25, 0.3) is 0 Å². The number of tetrazole rings is 1. The van der Waals surface area contributed by atoms with Gasteiger partial charge in [-0.05, 0) is 24.4 Å². The first-order chi connectivity index (χ1) is 9.63. The number of aromatic amines is 1. The molecule has 0 amide bonds. The second kappa shape index (κ2) is 6.88. The van der Waals surface area contributed by atoms with Crippen molar-refractivity contribution in [3.05, 3.63) is 22.1 Å². The Balaban J connectivity index is 2.03. The topological polar surface area (TPSA) is 113 Å². The van der Waals surface area contributed by atoms with E-state index in [-0.39, 0.29) is 6.54 Å². The molecule has 2 aromatic heterocycles. The molecule has 0 aliphatic rings. The SMILES string of the molecule is CCCNCc1sccc1S(=O)(=O)NCc1nn[nH]n1. The third-order valence-corrected chi connectivity index (χ3v) is 5.05. The summed E-state index contributed by atoms with van der Waals surface area (Å²) in [6.07, 6.45) is 1.00. The van der Waals surface area contributed by atoms with E-state index in [1.807, 2.05) is 0 Å². The van der Waals surface area contributed by atoms with Gasteiger partial charge in [-0.1, -0.05) is 12.1 Å². The molecule has 10 heteroatoms. The maximum Gasteiger partial charge on any atom is 0.242 e.